The SMILES string of the molecule is CN=C(NCc1ccccc1OCCN1CCOCC1)NC1CCN(C2CCCC2)C1. The van der Waals surface area contributed by atoms with E-state index in [1.54, 1.807) is 0 Å². The monoisotopic (exact) mass is 429 g/mol. The first-order valence-corrected chi connectivity index (χ1v) is 12.0. The van der Waals surface area contributed by atoms with Crippen LogP contribution in [0.3, 0.4) is 0 Å². The Morgan fingerprint density at radius 1 is 1.13 bits per heavy atom. The first-order chi connectivity index (χ1) is 15.3. The van der Waals surface area contributed by atoms with Crippen LogP contribution in [-0.4, -0.2) is 87.4 Å². The lowest BCUT2D eigenvalue weighted by Gasteiger charge is -2.26. The van der Waals surface area contributed by atoms with Crippen LogP contribution in [0.15, 0.2) is 29.3 Å². The minimum absolute atomic E-state index is 0.479. The van der Waals surface area contributed by atoms with Crippen LogP contribution >= 0.6 is 0 Å². The van der Waals surface area contributed by atoms with E-state index >= 15 is 0 Å². The topological polar surface area (TPSA) is 61.4 Å². The van der Waals surface area contributed by atoms with Crippen molar-refractivity contribution in [2.45, 2.75) is 50.7 Å². The smallest absolute Gasteiger partial charge is 0.191 e. The maximum absolute atomic E-state index is 6.12. The molecule has 0 spiro atoms. The number of aliphatic imine (C=N–C) groups is 1. The zero-order valence-electron chi connectivity index (χ0n) is 19.0. The lowest BCUT2D eigenvalue weighted by molar-refractivity contribution is 0.0322. The van der Waals surface area contributed by atoms with Gasteiger partial charge in [-0.25, -0.2) is 0 Å². The van der Waals surface area contributed by atoms with Gasteiger partial charge in [0, 0.05) is 64.0 Å². The van der Waals surface area contributed by atoms with E-state index in [1.165, 1.54) is 38.6 Å². The molecule has 0 aromatic heterocycles. The lowest BCUT2D eigenvalue weighted by Crippen LogP contribution is -2.45. The standard InChI is InChI=1S/C24H39N5O2/c1-25-24(27-21-10-11-29(19-21)22-7-3-4-8-22)26-18-20-6-2-5-9-23(20)31-17-14-28-12-15-30-16-13-28/h2,5-6,9,21-22H,3-4,7-8,10-19H2,1H3,(H2,25,26,27). The Balaban J connectivity index is 1.22. The Labute approximate surface area is 187 Å². The number of rotatable bonds is 8. The number of nitrogens with zero attached hydrogens (tertiary/aromatic N) is 3. The van der Waals surface area contributed by atoms with Crippen molar-refractivity contribution < 1.29 is 9.47 Å². The largest absolute Gasteiger partial charge is 0.492 e. The fourth-order valence-electron chi connectivity index (χ4n) is 4.97. The summed E-state index contributed by atoms with van der Waals surface area (Å²) < 4.78 is 11.5. The Bertz CT molecular complexity index is 701. The molecule has 0 bridgehead atoms. The van der Waals surface area contributed by atoms with E-state index in [4.69, 9.17) is 9.47 Å². The number of morpholine rings is 1. The molecule has 2 saturated heterocycles. The van der Waals surface area contributed by atoms with Gasteiger partial charge in [0.05, 0.1) is 13.2 Å². The maximum Gasteiger partial charge on any atom is 0.191 e. The molecule has 0 amide bonds. The second-order valence-corrected chi connectivity index (χ2v) is 8.90. The van der Waals surface area contributed by atoms with E-state index in [9.17, 15) is 0 Å². The van der Waals surface area contributed by atoms with Gasteiger partial charge >= 0.3 is 0 Å². The summed E-state index contributed by atoms with van der Waals surface area (Å²) in [5.41, 5.74) is 1.16. The second-order valence-electron chi connectivity index (χ2n) is 8.90. The van der Waals surface area contributed by atoms with E-state index in [2.05, 4.69) is 43.6 Å². The number of guanidine groups is 1. The van der Waals surface area contributed by atoms with Gasteiger partial charge in [-0.3, -0.25) is 14.8 Å². The van der Waals surface area contributed by atoms with Crippen LogP contribution in [0.1, 0.15) is 37.7 Å². The second kappa shape index (κ2) is 11.7. The molecule has 2 heterocycles. The molecule has 1 unspecified atom stereocenters. The van der Waals surface area contributed by atoms with Gasteiger partial charge in [0.2, 0.25) is 0 Å². The predicted octanol–water partition coefficient (Wildman–Crippen LogP) is 2.08. The molecule has 3 aliphatic rings. The van der Waals surface area contributed by atoms with Gasteiger partial charge in [0.1, 0.15) is 12.4 Å². The molecule has 4 rings (SSSR count). The fraction of sp³-hybridized carbons (Fsp3) is 0.708. The summed E-state index contributed by atoms with van der Waals surface area (Å²) in [6.07, 6.45) is 6.75. The molecular formula is C24H39N5O2. The van der Waals surface area contributed by atoms with Crippen LogP contribution in [0, 0.1) is 0 Å². The van der Waals surface area contributed by atoms with Crippen LogP contribution in [0.2, 0.25) is 0 Å². The first-order valence-electron chi connectivity index (χ1n) is 12.0. The van der Waals surface area contributed by atoms with Crippen molar-refractivity contribution in [3.05, 3.63) is 29.8 Å². The molecule has 1 atom stereocenters. The van der Waals surface area contributed by atoms with Gasteiger partial charge in [-0.05, 0) is 25.3 Å². The van der Waals surface area contributed by atoms with Crippen LogP contribution < -0.4 is 15.4 Å². The number of hydrogen-bond acceptors (Lipinski definition) is 5. The molecule has 0 radical (unpaired) electrons. The highest BCUT2D eigenvalue weighted by Gasteiger charge is 2.30. The number of benzene rings is 1. The number of ether oxygens (including phenoxy) is 2. The van der Waals surface area contributed by atoms with Crippen molar-refractivity contribution >= 4 is 5.96 Å². The van der Waals surface area contributed by atoms with Crippen molar-refractivity contribution in [3.63, 3.8) is 0 Å². The molecule has 2 N–H and O–H groups in total. The summed E-state index contributed by atoms with van der Waals surface area (Å²) in [6, 6.07) is 9.58. The van der Waals surface area contributed by atoms with E-state index in [0.717, 1.165) is 62.7 Å². The van der Waals surface area contributed by atoms with Crippen molar-refractivity contribution in [2.24, 2.45) is 4.99 Å². The zero-order valence-corrected chi connectivity index (χ0v) is 19.0. The van der Waals surface area contributed by atoms with E-state index < -0.39 is 0 Å². The van der Waals surface area contributed by atoms with Gasteiger partial charge in [-0.15, -0.1) is 0 Å². The lowest BCUT2D eigenvalue weighted by atomic mass is 10.2. The van der Waals surface area contributed by atoms with Crippen molar-refractivity contribution in [3.8, 4) is 5.75 Å². The first kappa shape index (κ1) is 22.4. The normalized spacial score (nSPS) is 23.9. The van der Waals surface area contributed by atoms with Crippen molar-refractivity contribution in [1.29, 1.82) is 0 Å². The number of nitrogens with one attached hydrogen (secondary N) is 2. The maximum atomic E-state index is 6.12. The van der Waals surface area contributed by atoms with Crippen LogP contribution in [-0.2, 0) is 11.3 Å². The van der Waals surface area contributed by atoms with Gasteiger partial charge in [-0.2, -0.15) is 0 Å². The van der Waals surface area contributed by atoms with E-state index in [1.807, 2.05) is 13.1 Å². The van der Waals surface area contributed by atoms with Crippen molar-refractivity contribution in [2.75, 3.05) is 59.6 Å². The Morgan fingerprint density at radius 2 is 1.94 bits per heavy atom. The minimum Gasteiger partial charge on any atom is -0.492 e. The third-order valence-electron chi connectivity index (χ3n) is 6.81. The van der Waals surface area contributed by atoms with Gasteiger partial charge in [-0.1, -0.05) is 31.0 Å². The van der Waals surface area contributed by atoms with Gasteiger partial charge in [0.25, 0.3) is 0 Å². The zero-order chi connectivity index (χ0) is 21.3. The molecule has 7 heteroatoms. The molecule has 7 nitrogen and oxygen atoms in total. The molecule has 1 aromatic rings. The third-order valence-corrected chi connectivity index (χ3v) is 6.81. The number of likely N-dealkylation sites (tertiary alicyclic amines) is 1. The van der Waals surface area contributed by atoms with Crippen LogP contribution in [0.5, 0.6) is 5.75 Å². The Morgan fingerprint density at radius 3 is 2.74 bits per heavy atom. The molecule has 1 aromatic carbocycles. The highest BCUT2D eigenvalue weighted by Crippen LogP contribution is 2.26. The predicted molar refractivity (Wildman–Crippen MR) is 125 cm³/mol. The average molecular weight is 430 g/mol. The summed E-state index contributed by atoms with van der Waals surface area (Å²) >= 11 is 0. The third kappa shape index (κ3) is 6.57. The minimum atomic E-state index is 0.479. The summed E-state index contributed by atoms with van der Waals surface area (Å²) in [5.74, 6) is 1.83. The molecule has 2 aliphatic heterocycles. The summed E-state index contributed by atoms with van der Waals surface area (Å²) in [7, 11) is 1.85. The number of para-hydroxylation sites is 1. The molecule has 1 aliphatic carbocycles. The van der Waals surface area contributed by atoms with Gasteiger partial charge < -0.3 is 20.1 Å². The van der Waals surface area contributed by atoms with E-state index in [-0.39, 0.29) is 0 Å². The summed E-state index contributed by atoms with van der Waals surface area (Å²) in [4.78, 5) is 9.53. The average Bonchev–Trinajstić information content (AvgIpc) is 3.50. The molecule has 31 heavy (non-hydrogen) atoms. The molecule has 3 fully saturated rings. The quantitative estimate of drug-likeness (QED) is 0.487. The Kier molecular flexibility index (Phi) is 8.44. The van der Waals surface area contributed by atoms with Crippen molar-refractivity contribution in [1.82, 2.24) is 20.4 Å². The highest BCUT2D eigenvalue weighted by molar-refractivity contribution is 5.80. The highest BCUT2D eigenvalue weighted by atomic mass is 16.5. The molecule has 172 valence electrons. The summed E-state index contributed by atoms with van der Waals surface area (Å²) in [6.45, 7) is 8.31. The van der Waals surface area contributed by atoms with Crippen LogP contribution in [0.4, 0.5) is 0 Å². The Hall–Kier alpha value is -1.83. The van der Waals surface area contributed by atoms with Crippen LogP contribution in [0.25, 0.3) is 0 Å². The summed E-state index contributed by atoms with van der Waals surface area (Å²) in [5, 5.41) is 7.12. The number of hydrogen-bond donors (Lipinski definition) is 2. The van der Waals surface area contributed by atoms with E-state index in [0.29, 0.717) is 19.2 Å². The molecular weight excluding hydrogens is 390 g/mol. The fourth-order valence-corrected chi connectivity index (χ4v) is 4.97. The van der Waals surface area contributed by atoms with Gasteiger partial charge in [0.15, 0.2) is 5.96 Å². The molecule has 1 saturated carbocycles.